The Morgan fingerprint density at radius 2 is 1.83 bits per heavy atom. The van der Waals surface area contributed by atoms with E-state index >= 15 is 0 Å². The summed E-state index contributed by atoms with van der Waals surface area (Å²) in [6, 6.07) is 17.0. The van der Waals surface area contributed by atoms with E-state index in [2.05, 4.69) is 5.10 Å². The van der Waals surface area contributed by atoms with Crippen molar-refractivity contribution in [3.8, 4) is 17.0 Å². The smallest absolute Gasteiger partial charge is 0.339 e. The number of para-hydroxylation sites is 1. The van der Waals surface area contributed by atoms with E-state index in [1.165, 1.54) is 0 Å². The van der Waals surface area contributed by atoms with Crippen LogP contribution in [0.5, 0.6) is 5.75 Å². The van der Waals surface area contributed by atoms with Gasteiger partial charge < -0.3 is 9.84 Å². The third-order valence-corrected chi connectivity index (χ3v) is 3.54. The van der Waals surface area contributed by atoms with Crippen molar-refractivity contribution in [2.45, 2.75) is 6.54 Å². The summed E-state index contributed by atoms with van der Waals surface area (Å²) in [6.07, 6.45) is 1.55. The molecule has 3 aromatic rings. The first-order chi connectivity index (χ1) is 11.2. The molecule has 0 spiro atoms. The van der Waals surface area contributed by atoms with E-state index in [4.69, 9.17) is 4.74 Å². The number of nitrogens with zero attached hydrogens (tertiary/aromatic N) is 2. The fraction of sp³-hybridized carbons (Fsp3) is 0.111. The molecule has 0 saturated heterocycles. The Bertz CT molecular complexity index is 825. The number of rotatable bonds is 5. The number of carboxylic acid groups (broad SMARTS) is 1. The molecule has 2 aromatic carbocycles. The fourth-order valence-electron chi connectivity index (χ4n) is 2.47. The van der Waals surface area contributed by atoms with Crippen LogP contribution >= 0.6 is 0 Å². The van der Waals surface area contributed by atoms with Gasteiger partial charge in [0.15, 0.2) is 0 Å². The molecule has 5 heteroatoms. The number of methoxy groups -OCH3 is 1. The predicted octanol–water partition coefficient (Wildman–Crippen LogP) is 3.31. The van der Waals surface area contributed by atoms with Crippen LogP contribution in [0.4, 0.5) is 0 Å². The van der Waals surface area contributed by atoms with Crippen LogP contribution in [0.15, 0.2) is 60.8 Å². The van der Waals surface area contributed by atoms with E-state index in [0.29, 0.717) is 23.6 Å². The lowest BCUT2D eigenvalue weighted by molar-refractivity contribution is 0.0697. The Balaban J connectivity index is 2.04. The van der Waals surface area contributed by atoms with Gasteiger partial charge in [-0.15, -0.1) is 0 Å². The molecule has 0 aliphatic heterocycles. The van der Waals surface area contributed by atoms with Gasteiger partial charge >= 0.3 is 5.97 Å². The first-order valence-corrected chi connectivity index (χ1v) is 7.17. The third kappa shape index (κ3) is 3.08. The van der Waals surface area contributed by atoms with Gasteiger partial charge in [0.2, 0.25) is 0 Å². The molecule has 0 amide bonds. The number of ether oxygens (including phenoxy) is 1. The first-order valence-electron chi connectivity index (χ1n) is 7.17. The lowest BCUT2D eigenvalue weighted by atomic mass is 10.1. The standard InChI is InChI=1S/C18H16N2O3/c1-23-16-10-6-5-9-14(16)17-15(18(21)22)12-20(19-17)11-13-7-3-2-4-8-13/h2-10,12H,11H2,1H3,(H,21,22). The van der Waals surface area contributed by atoms with Gasteiger partial charge in [-0.25, -0.2) is 4.79 Å². The van der Waals surface area contributed by atoms with E-state index in [1.54, 1.807) is 30.1 Å². The summed E-state index contributed by atoms with van der Waals surface area (Å²) in [6.45, 7) is 0.510. The number of carboxylic acids is 1. The number of benzene rings is 2. The second kappa shape index (κ2) is 6.36. The highest BCUT2D eigenvalue weighted by Crippen LogP contribution is 2.31. The summed E-state index contributed by atoms with van der Waals surface area (Å²) in [5.74, 6) is -0.412. The Labute approximate surface area is 133 Å². The van der Waals surface area contributed by atoms with E-state index in [-0.39, 0.29) is 5.56 Å². The van der Waals surface area contributed by atoms with Crippen molar-refractivity contribution < 1.29 is 14.6 Å². The molecule has 5 nitrogen and oxygen atoms in total. The van der Waals surface area contributed by atoms with Gasteiger partial charge in [0, 0.05) is 11.8 Å². The minimum Gasteiger partial charge on any atom is -0.496 e. The molecule has 1 aromatic heterocycles. The van der Waals surface area contributed by atoms with Crippen LogP contribution in [0.2, 0.25) is 0 Å². The van der Waals surface area contributed by atoms with Gasteiger partial charge in [0.25, 0.3) is 0 Å². The zero-order chi connectivity index (χ0) is 16.2. The van der Waals surface area contributed by atoms with Gasteiger partial charge in [-0.05, 0) is 17.7 Å². The summed E-state index contributed by atoms with van der Waals surface area (Å²) >= 11 is 0. The van der Waals surface area contributed by atoms with Crippen molar-refractivity contribution in [2.75, 3.05) is 7.11 Å². The summed E-state index contributed by atoms with van der Waals surface area (Å²) in [5.41, 5.74) is 2.29. The molecule has 0 bridgehead atoms. The number of hydrogen-bond acceptors (Lipinski definition) is 3. The highest BCUT2D eigenvalue weighted by molar-refractivity contribution is 5.95. The molecule has 116 valence electrons. The average Bonchev–Trinajstić information content (AvgIpc) is 2.99. The normalized spacial score (nSPS) is 10.5. The lowest BCUT2D eigenvalue weighted by Crippen LogP contribution is -2.00. The molecule has 1 heterocycles. The number of hydrogen-bond donors (Lipinski definition) is 1. The molecular formula is C18H16N2O3. The molecule has 0 saturated carbocycles. The van der Waals surface area contributed by atoms with Gasteiger partial charge in [-0.3, -0.25) is 4.68 Å². The van der Waals surface area contributed by atoms with Gasteiger partial charge in [-0.2, -0.15) is 5.10 Å². The fourth-order valence-corrected chi connectivity index (χ4v) is 2.47. The SMILES string of the molecule is COc1ccccc1-c1nn(Cc2ccccc2)cc1C(=O)O. The predicted molar refractivity (Wildman–Crippen MR) is 86.7 cm³/mol. The highest BCUT2D eigenvalue weighted by Gasteiger charge is 2.19. The number of aromatic nitrogens is 2. The maximum atomic E-state index is 11.6. The Morgan fingerprint density at radius 1 is 1.13 bits per heavy atom. The molecule has 0 atom stereocenters. The summed E-state index contributed by atoms with van der Waals surface area (Å²) < 4.78 is 6.96. The maximum absolute atomic E-state index is 11.6. The Hall–Kier alpha value is -3.08. The van der Waals surface area contributed by atoms with Crippen LogP contribution in [-0.4, -0.2) is 28.0 Å². The molecule has 0 aliphatic carbocycles. The maximum Gasteiger partial charge on any atom is 0.339 e. The molecule has 1 N–H and O–H groups in total. The second-order valence-corrected chi connectivity index (χ2v) is 5.08. The van der Waals surface area contributed by atoms with E-state index in [9.17, 15) is 9.90 Å². The molecule has 0 radical (unpaired) electrons. The van der Waals surface area contributed by atoms with E-state index in [1.807, 2.05) is 42.5 Å². The van der Waals surface area contributed by atoms with Crippen LogP contribution in [-0.2, 0) is 6.54 Å². The van der Waals surface area contributed by atoms with Crippen LogP contribution in [0.3, 0.4) is 0 Å². The van der Waals surface area contributed by atoms with Crippen molar-refractivity contribution >= 4 is 5.97 Å². The first kappa shape index (κ1) is 14.8. The van der Waals surface area contributed by atoms with Crippen molar-refractivity contribution in [1.29, 1.82) is 0 Å². The van der Waals surface area contributed by atoms with Crippen molar-refractivity contribution in [2.24, 2.45) is 0 Å². The monoisotopic (exact) mass is 308 g/mol. The third-order valence-electron chi connectivity index (χ3n) is 3.54. The summed E-state index contributed by atoms with van der Waals surface area (Å²) in [4.78, 5) is 11.6. The van der Waals surface area contributed by atoms with E-state index < -0.39 is 5.97 Å². The Morgan fingerprint density at radius 3 is 2.52 bits per heavy atom. The van der Waals surface area contributed by atoms with Gasteiger partial charge in [-0.1, -0.05) is 42.5 Å². The summed E-state index contributed by atoms with van der Waals surface area (Å²) in [5, 5.41) is 13.9. The molecule has 0 unspecified atom stereocenters. The van der Waals surface area contributed by atoms with E-state index in [0.717, 1.165) is 5.56 Å². The van der Waals surface area contributed by atoms with Gasteiger partial charge in [0.05, 0.1) is 13.7 Å². The number of carbonyl (C=O) groups is 1. The largest absolute Gasteiger partial charge is 0.496 e. The lowest BCUT2D eigenvalue weighted by Gasteiger charge is -2.06. The molecule has 0 aliphatic rings. The second-order valence-electron chi connectivity index (χ2n) is 5.08. The summed E-state index contributed by atoms with van der Waals surface area (Å²) in [7, 11) is 1.56. The average molecular weight is 308 g/mol. The highest BCUT2D eigenvalue weighted by atomic mass is 16.5. The Kier molecular flexibility index (Phi) is 4.10. The number of aromatic carboxylic acids is 1. The molecule has 0 fully saturated rings. The topological polar surface area (TPSA) is 64.4 Å². The van der Waals surface area contributed by atoms with Crippen molar-refractivity contribution in [3.05, 3.63) is 71.9 Å². The van der Waals surface area contributed by atoms with Crippen LogP contribution in [0.1, 0.15) is 15.9 Å². The minimum absolute atomic E-state index is 0.158. The molecule has 3 rings (SSSR count). The van der Waals surface area contributed by atoms with Crippen molar-refractivity contribution in [1.82, 2.24) is 9.78 Å². The van der Waals surface area contributed by atoms with Crippen LogP contribution < -0.4 is 4.74 Å². The molecule has 23 heavy (non-hydrogen) atoms. The zero-order valence-electron chi connectivity index (χ0n) is 12.6. The quantitative estimate of drug-likeness (QED) is 0.785. The van der Waals surface area contributed by atoms with Crippen LogP contribution in [0, 0.1) is 0 Å². The van der Waals surface area contributed by atoms with Crippen molar-refractivity contribution in [3.63, 3.8) is 0 Å². The minimum atomic E-state index is -1.01. The molecular weight excluding hydrogens is 292 g/mol. The zero-order valence-corrected chi connectivity index (χ0v) is 12.6. The van der Waals surface area contributed by atoms with Crippen LogP contribution in [0.25, 0.3) is 11.3 Å². The van der Waals surface area contributed by atoms with Gasteiger partial charge in [0.1, 0.15) is 17.0 Å².